The topological polar surface area (TPSA) is 78.4 Å². The largest absolute Gasteiger partial charge is 0.369 e. The number of piperidine rings is 1. The monoisotopic (exact) mass is 577 g/mol. The molecule has 2 aliphatic heterocycles. The molecule has 2 aliphatic rings. The highest BCUT2D eigenvalue weighted by atomic mass is 32.1. The second-order valence-electron chi connectivity index (χ2n) is 11.5. The van der Waals surface area contributed by atoms with E-state index in [-0.39, 0.29) is 17.4 Å². The molecule has 1 saturated heterocycles. The van der Waals surface area contributed by atoms with E-state index >= 15 is 0 Å². The van der Waals surface area contributed by atoms with E-state index in [2.05, 4.69) is 59.0 Å². The molecule has 1 fully saturated rings. The first-order chi connectivity index (χ1) is 20.3. The van der Waals surface area contributed by atoms with Crippen molar-refractivity contribution in [2.45, 2.75) is 39.3 Å². The number of fused-ring (bicyclic) bond motifs is 4. The van der Waals surface area contributed by atoms with Crippen molar-refractivity contribution in [3.8, 4) is 0 Å². The first-order valence-electron chi connectivity index (χ1n) is 14.4. The van der Waals surface area contributed by atoms with E-state index in [9.17, 15) is 9.59 Å². The summed E-state index contributed by atoms with van der Waals surface area (Å²) in [6, 6.07) is 27.5. The summed E-state index contributed by atoms with van der Waals surface area (Å²) < 4.78 is 1.94. The molecule has 0 radical (unpaired) electrons. The van der Waals surface area contributed by atoms with Gasteiger partial charge in [-0.05, 0) is 91.5 Å². The molecule has 3 aromatic carbocycles. The number of nitrogens with one attached hydrogen (secondary N) is 3. The fourth-order valence-electron chi connectivity index (χ4n) is 6.36. The fourth-order valence-corrected chi connectivity index (χ4v) is 6.59. The molecule has 6 rings (SSSR count). The molecular formula is C34H35N5O2S. The zero-order valence-corrected chi connectivity index (χ0v) is 24.7. The molecule has 3 heterocycles. The Hall–Kier alpha value is -4.43. The van der Waals surface area contributed by atoms with Gasteiger partial charge in [-0.3, -0.25) is 9.59 Å². The average molecular weight is 578 g/mol. The molecule has 2 atom stereocenters. The minimum Gasteiger partial charge on any atom is -0.369 e. The van der Waals surface area contributed by atoms with Crippen molar-refractivity contribution >= 4 is 40.3 Å². The number of benzene rings is 3. The third kappa shape index (κ3) is 6.09. The second kappa shape index (κ2) is 11.8. The standard InChI is InChI=1S/C34H35N5O2S/c1-22-13-23(2)15-28(14-22)36-34(42)37-29-17-26(33(41)35-18-24-7-4-3-5-8-24)11-12-31(29)38-19-25-16-27(21-38)30-9-6-10-32(40)39(30)20-25/h3-15,17,25,27H,16,18-21H2,1-2H3,(H,35,41)(H2,36,37,42)/t25-,27+/m1/s1. The Morgan fingerprint density at radius 1 is 0.881 bits per heavy atom. The molecule has 0 aliphatic carbocycles. The lowest BCUT2D eigenvalue weighted by Gasteiger charge is -2.44. The lowest BCUT2D eigenvalue weighted by molar-refractivity contribution is 0.0951. The maximum Gasteiger partial charge on any atom is 0.251 e. The van der Waals surface area contributed by atoms with Gasteiger partial charge in [-0.2, -0.15) is 0 Å². The zero-order chi connectivity index (χ0) is 29.2. The number of carbonyl (C=O) groups excluding carboxylic acids is 1. The summed E-state index contributed by atoms with van der Waals surface area (Å²) in [6.45, 7) is 6.89. The van der Waals surface area contributed by atoms with E-state index < -0.39 is 0 Å². The van der Waals surface area contributed by atoms with Gasteiger partial charge in [-0.1, -0.05) is 42.5 Å². The van der Waals surface area contributed by atoms with Gasteiger partial charge in [0.2, 0.25) is 0 Å². The maximum atomic E-state index is 13.2. The average Bonchev–Trinajstić information content (AvgIpc) is 2.96. The van der Waals surface area contributed by atoms with Crippen LogP contribution in [0.5, 0.6) is 0 Å². The van der Waals surface area contributed by atoms with Crippen LogP contribution < -0.4 is 26.4 Å². The summed E-state index contributed by atoms with van der Waals surface area (Å²) in [6.07, 6.45) is 1.06. The smallest absolute Gasteiger partial charge is 0.251 e. The summed E-state index contributed by atoms with van der Waals surface area (Å²) >= 11 is 5.76. The van der Waals surface area contributed by atoms with Crippen LogP contribution in [0.1, 0.15) is 45.1 Å². The van der Waals surface area contributed by atoms with Crippen LogP contribution in [0.4, 0.5) is 17.1 Å². The summed E-state index contributed by atoms with van der Waals surface area (Å²) in [4.78, 5) is 28.1. The number of amides is 1. The molecule has 8 heteroatoms. The number of hydrogen-bond acceptors (Lipinski definition) is 4. The number of pyridine rings is 1. The van der Waals surface area contributed by atoms with Crippen LogP contribution in [0.2, 0.25) is 0 Å². The zero-order valence-electron chi connectivity index (χ0n) is 23.9. The van der Waals surface area contributed by atoms with Crippen molar-refractivity contribution in [1.29, 1.82) is 0 Å². The van der Waals surface area contributed by atoms with Crippen molar-refractivity contribution in [1.82, 2.24) is 9.88 Å². The minimum atomic E-state index is -0.148. The number of rotatable bonds is 6. The van der Waals surface area contributed by atoms with Crippen molar-refractivity contribution in [2.24, 2.45) is 5.92 Å². The van der Waals surface area contributed by atoms with Crippen LogP contribution in [0.3, 0.4) is 0 Å². The number of carbonyl (C=O) groups is 1. The highest BCUT2D eigenvalue weighted by Crippen LogP contribution is 2.39. The molecule has 1 aromatic heterocycles. The number of anilines is 3. The third-order valence-electron chi connectivity index (χ3n) is 8.10. The highest BCUT2D eigenvalue weighted by Gasteiger charge is 2.35. The third-order valence-corrected chi connectivity index (χ3v) is 8.31. The Kier molecular flexibility index (Phi) is 7.80. The van der Waals surface area contributed by atoms with Gasteiger partial charge in [0, 0.05) is 55.1 Å². The Labute approximate surface area is 251 Å². The van der Waals surface area contributed by atoms with Crippen molar-refractivity contribution < 1.29 is 4.79 Å². The molecule has 42 heavy (non-hydrogen) atoms. The number of nitrogens with zero attached hydrogens (tertiary/aromatic N) is 2. The Bertz CT molecular complexity index is 1680. The van der Waals surface area contributed by atoms with E-state index in [0.717, 1.165) is 65.5 Å². The quantitative estimate of drug-likeness (QED) is 0.251. The number of aryl methyl sites for hydroxylation is 2. The molecule has 214 valence electrons. The van der Waals surface area contributed by atoms with E-state index in [0.29, 0.717) is 23.1 Å². The van der Waals surface area contributed by atoms with Crippen LogP contribution in [-0.2, 0) is 13.1 Å². The van der Waals surface area contributed by atoms with Gasteiger partial charge in [0.1, 0.15) is 0 Å². The van der Waals surface area contributed by atoms with Crippen LogP contribution in [-0.4, -0.2) is 28.7 Å². The van der Waals surface area contributed by atoms with Crippen LogP contribution in [0.25, 0.3) is 0 Å². The predicted molar refractivity (Wildman–Crippen MR) is 174 cm³/mol. The van der Waals surface area contributed by atoms with Crippen LogP contribution in [0.15, 0.2) is 89.7 Å². The van der Waals surface area contributed by atoms with Gasteiger partial charge < -0.3 is 25.4 Å². The van der Waals surface area contributed by atoms with Crippen molar-refractivity contribution in [2.75, 3.05) is 28.6 Å². The number of thiocarbonyl (C=S) groups is 1. The molecule has 4 aromatic rings. The van der Waals surface area contributed by atoms with Gasteiger partial charge in [-0.15, -0.1) is 0 Å². The molecule has 0 unspecified atom stereocenters. The van der Waals surface area contributed by atoms with Gasteiger partial charge in [0.25, 0.3) is 11.5 Å². The molecule has 0 saturated carbocycles. The van der Waals surface area contributed by atoms with E-state index in [4.69, 9.17) is 12.2 Å². The molecule has 7 nitrogen and oxygen atoms in total. The van der Waals surface area contributed by atoms with Gasteiger partial charge in [-0.25, -0.2) is 0 Å². The summed E-state index contributed by atoms with van der Waals surface area (Å²) in [5.41, 5.74) is 7.75. The second-order valence-corrected chi connectivity index (χ2v) is 11.9. The van der Waals surface area contributed by atoms with E-state index in [1.54, 1.807) is 6.07 Å². The Morgan fingerprint density at radius 3 is 2.45 bits per heavy atom. The minimum absolute atomic E-state index is 0.0756. The summed E-state index contributed by atoms with van der Waals surface area (Å²) in [7, 11) is 0. The number of aromatic nitrogens is 1. The summed E-state index contributed by atoms with van der Waals surface area (Å²) in [5.74, 6) is 0.470. The van der Waals surface area contributed by atoms with E-state index in [1.807, 2.05) is 59.2 Å². The van der Waals surface area contributed by atoms with Gasteiger partial charge in [0.05, 0.1) is 11.4 Å². The van der Waals surface area contributed by atoms with Crippen molar-refractivity contribution in [3.05, 3.63) is 123 Å². The Morgan fingerprint density at radius 2 is 1.67 bits per heavy atom. The molecule has 0 spiro atoms. The first kappa shape index (κ1) is 27.7. The predicted octanol–water partition coefficient (Wildman–Crippen LogP) is 5.83. The highest BCUT2D eigenvalue weighted by molar-refractivity contribution is 7.80. The van der Waals surface area contributed by atoms with Gasteiger partial charge in [0.15, 0.2) is 5.11 Å². The SMILES string of the molecule is Cc1cc(C)cc(NC(=S)Nc2cc(C(=O)NCc3ccccc3)ccc2N2C[C@H]3C[C@@H](C2)c2cccc(=O)n2C3)c1. The number of hydrogen-bond donors (Lipinski definition) is 3. The first-order valence-corrected chi connectivity index (χ1v) is 14.8. The van der Waals surface area contributed by atoms with E-state index in [1.165, 1.54) is 0 Å². The molecular weight excluding hydrogens is 542 g/mol. The molecule has 2 bridgehead atoms. The lowest BCUT2D eigenvalue weighted by atomic mass is 9.83. The molecule has 1 amide bonds. The van der Waals surface area contributed by atoms with Gasteiger partial charge >= 0.3 is 0 Å². The Balaban J connectivity index is 1.27. The fraction of sp³-hybridized carbons (Fsp3) is 0.265. The maximum absolute atomic E-state index is 13.2. The normalized spacial score (nSPS) is 17.2. The van der Waals surface area contributed by atoms with Crippen LogP contribution >= 0.6 is 12.2 Å². The summed E-state index contributed by atoms with van der Waals surface area (Å²) in [5, 5.41) is 10.2. The molecule has 3 N–H and O–H groups in total. The van der Waals surface area contributed by atoms with Crippen LogP contribution in [0, 0.1) is 19.8 Å². The lowest BCUT2D eigenvalue weighted by Crippen LogP contribution is -2.47. The van der Waals surface area contributed by atoms with Crippen molar-refractivity contribution in [3.63, 3.8) is 0 Å².